The van der Waals surface area contributed by atoms with Gasteiger partial charge in [0.2, 0.25) is 0 Å². The van der Waals surface area contributed by atoms with Gasteiger partial charge in [0.05, 0.1) is 12.5 Å². The number of fused-ring (bicyclic) bond motifs is 5. The van der Waals surface area contributed by atoms with Crippen LogP contribution in [0.3, 0.4) is 0 Å². The molecule has 0 radical (unpaired) electrons. The zero-order valence-electron chi connectivity index (χ0n) is 13.3. The molecule has 0 amide bonds. The molecule has 23 heavy (non-hydrogen) atoms. The molecule has 1 aromatic rings. The number of ketones is 1. The predicted molar refractivity (Wildman–Crippen MR) is 89.9 cm³/mol. The number of morpholine rings is 1. The monoisotopic (exact) mass is 337 g/mol. The first-order valence-corrected chi connectivity index (χ1v) is 8.25. The summed E-state index contributed by atoms with van der Waals surface area (Å²) >= 11 is 0. The summed E-state index contributed by atoms with van der Waals surface area (Å²) in [6.07, 6.45) is 3.51. The summed E-state index contributed by atoms with van der Waals surface area (Å²) in [5, 5.41) is 9.64. The molecule has 4 rings (SSSR count). The highest BCUT2D eigenvalue weighted by molar-refractivity contribution is 5.86. The van der Waals surface area contributed by atoms with Crippen LogP contribution in [0.5, 0.6) is 0 Å². The van der Waals surface area contributed by atoms with Crippen LogP contribution in [0.25, 0.3) is 0 Å². The van der Waals surface area contributed by atoms with Crippen molar-refractivity contribution in [3.63, 3.8) is 0 Å². The maximum Gasteiger partial charge on any atom is 0.142 e. The third kappa shape index (κ3) is 2.93. The molecule has 3 aliphatic heterocycles. The molecule has 0 aliphatic carbocycles. The molecular formula is C18H24ClNO3. The Balaban J connectivity index is 0.00000156. The molecule has 5 heteroatoms. The van der Waals surface area contributed by atoms with E-state index in [1.54, 1.807) is 0 Å². The standard InChI is InChI=1S/C18H23NO3.ClH/c1-19-14-7-11(8-15(19)18-17(14)22-18)9-16(21)13(10-20)12-5-3-2-4-6-12;/h2-6,11,13-15,17-18,20H,7-10H2,1H3;1H. The second-order valence-electron chi connectivity index (χ2n) is 7.02. The summed E-state index contributed by atoms with van der Waals surface area (Å²) in [4.78, 5) is 15.1. The second kappa shape index (κ2) is 6.52. The zero-order valence-corrected chi connectivity index (χ0v) is 14.1. The van der Waals surface area contributed by atoms with Gasteiger partial charge < -0.3 is 9.84 Å². The highest BCUT2D eigenvalue weighted by Crippen LogP contribution is 2.49. The second-order valence-corrected chi connectivity index (χ2v) is 7.02. The van der Waals surface area contributed by atoms with E-state index in [0.29, 0.717) is 36.6 Å². The SMILES string of the molecule is CN1C2CC(CC(=O)C(CO)c3ccccc3)CC1C1OC12.Cl. The molecule has 3 aliphatic rings. The van der Waals surface area contributed by atoms with Crippen molar-refractivity contribution in [3.05, 3.63) is 35.9 Å². The first-order chi connectivity index (χ1) is 10.7. The van der Waals surface area contributed by atoms with Crippen LogP contribution in [-0.2, 0) is 9.53 Å². The van der Waals surface area contributed by atoms with E-state index in [1.807, 2.05) is 30.3 Å². The Morgan fingerprint density at radius 2 is 1.87 bits per heavy atom. The highest BCUT2D eigenvalue weighted by atomic mass is 35.5. The minimum absolute atomic E-state index is 0. The summed E-state index contributed by atoms with van der Waals surface area (Å²) in [6.45, 7) is -0.101. The van der Waals surface area contributed by atoms with Crippen LogP contribution in [0.15, 0.2) is 30.3 Å². The molecule has 1 N–H and O–H groups in total. The molecule has 2 bridgehead atoms. The summed E-state index contributed by atoms with van der Waals surface area (Å²) in [5.41, 5.74) is 0.928. The lowest BCUT2D eigenvalue weighted by Crippen LogP contribution is -2.45. The number of benzene rings is 1. The zero-order chi connectivity index (χ0) is 15.3. The van der Waals surface area contributed by atoms with E-state index < -0.39 is 0 Å². The van der Waals surface area contributed by atoms with Gasteiger partial charge in [-0.15, -0.1) is 12.4 Å². The summed E-state index contributed by atoms with van der Waals surface area (Å²) in [7, 11) is 2.18. The highest BCUT2D eigenvalue weighted by Gasteiger charge is 2.62. The molecule has 3 fully saturated rings. The molecule has 126 valence electrons. The number of nitrogens with zero attached hydrogens (tertiary/aromatic N) is 1. The van der Waals surface area contributed by atoms with Gasteiger partial charge in [-0.05, 0) is 31.4 Å². The Hall–Kier alpha value is -0.940. The minimum Gasteiger partial charge on any atom is -0.395 e. The molecular weight excluding hydrogens is 314 g/mol. The van der Waals surface area contributed by atoms with Crippen LogP contribution in [0, 0.1) is 5.92 Å². The van der Waals surface area contributed by atoms with Gasteiger partial charge in [0, 0.05) is 18.5 Å². The van der Waals surface area contributed by atoms with Crippen LogP contribution in [0.4, 0.5) is 0 Å². The van der Waals surface area contributed by atoms with Gasteiger partial charge in [0.1, 0.15) is 18.0 Å². The molecule has 3 heterocycles. The molecule has 0 aromatic heterocycles. The number of halogens is 1. The number of carbonyl (C=O) groups is 1. The Morgan fingerprint density at radius 3 is 2.43 bits per heavy atom. The number of hydrogen-bond donors (Lipinski definition) is 1. The van der Waals surface area contributed by atoms with Crippen molar-refractivity contribution in [1.29, 1.82) is 0 Å². The number of rotatable bonds is 5. The van der Waals surface area contributed by atoms with E-state index >= 15 is 0 Å². The quantitative estimate of drug-likeness (QED) is 0.835. The first kappa shape index (κ1) is 16.9. The lowest BCUT2D eigenvalue weighted by Gasteiger charge is -2.38. The molecule has 5 atom stereocenters. The maximum absolute atomic E-state index is 12.6. The number of carbonyl (C=O) groups excluding carboxylic acids is 1. The van der Waals surface area contributed by atoms with Crippen molar-refractivity contribution in [1.82, 2.24) is 4.90 Å². The van der Waals surface area contributed by atoms with Gasteiger partial charge in [-0.25, -0.2) is 0 Å². The number of ether oxygens (including phenoxy) is 1. The van der Waals surface area contributed by atoms with Crippen LogP contribution < -0.4 is 0 Å². The maximum atomic E-state index is 12.6. The largest absolute Gasteiger partial charge is 0.395 e. The normalized spacial score (nSPS) is 36.0. The lowest BCUT2D eigenvalue weighted by atomic mass is 9.82. The smallest absolute Gasteiger partial charge is 0.142 e. The van der Waals surface area contributed by atoms with Crippen LogP contribution in [0.1, 0.15) is 30.7 Å². The average molecular weight is 338 g/mol. The topological polar surface area (TPSA) is 53.1 Å². The average Bonchev–Trinajstić information content (AvgIpc) is 3.27. The molecule has 1 aromatic carbocycles. The third-order valence-corrected chi connectivity index (χ3v) is 5.78. The van der Waals surface area contributed by atoms with Gasteiger partial charge >= 0.3 is 0 Å². The number of epoxide rings is 1. The predicted octanol–water partition coefficient (Wildman–Crippen LogP) is 2.00. The minimum atomic E-state index is -0.371. The Morgan fingerprint density at radius 1 is 1.26 bits per heavy atom. The van der Waals surface area contributed by atoms with Crippen molar-refractivity contribution >= 4 is 18.2 Å². The molecule has 0 saturated carbocycles. The number of likely N-dealkylation sites (N-methyl/N-ethyl adjacent to an activating group) is 1. The van der Waals surface area contributed by atoms with Crippen molar-refractivity contribution < 1.29 is 14.6 Å². The van der Waals surface area contributed by atoms with Gasteiger partial charge in [-0.2, -0.15) is 0 Å². The third-order valence-electron chi connectivity index (χ3n) is 5.78. The number of aliphatic hydroxyl groups is 1. The number of aliphatic hydroxyl groups excluding tert-OH is 1. The Kier molecular flexibility index (Phi) is 4.79. The van der Waals surface area contributed by atoms with Gasteiger partial charge in [0.15, 0.2) is 0 Å². The Labute approximate surface area is 143 Å². The molecule has 4 nitrogen and oxygen atoms in total. The van der Waals surface area contributed by atoms with E-state index in [9.17, 15) is 9.90 Å². The summed E-state index contributed by atoms with van der Waals surface area (Å²) in [5.74, 6) is 0.245. The van der Waals surface area contributed by atoms with Crippen LogP contribution in [0.2, 0.25) is 0 Å². The number of hydrogen-bond acceptors (Lipinski definition) is 4. The number of piperidine rings is 1. The van der Waals surface area contributed by atoms with Crippen molar-refractivity contribution in [2.75, 3.05) is 13.7 Å². The van der Waals surface area contributed by atoms with E-state index in [0.717, 1.165) is 18.4 Å². The van der Waals surface area contributed by atoms with Gasteiger partial charge in [-0.1, -0.05) is 30.3 Å². The fourth-order valence-electron chi connectivity index (χ4n) is 4.52. The van der Waals surface area contributed by atoms with Crippen LogP contribution >= 0.6 is 12.4 Å². The van der Waals surface area contributed by atoms with Crippen molar-refractivity contribution in [2.24, 2.45) is 5.92 Å². The first-order valence-electron chi connectivity index (χ1n) is 8.25. The molecule has 0 spiro atoms. The van der Waals surface area contributed by atoms with Crippen molar-refractivity contribution in [3.8, 4) is 0 Å². The summed E-state index contributed by atoms with van der Waals surface area (Å²) < 4.78 is 5.71. The molecule has 5 unspecified atom stereocenters. The van der Waals surface area contributed by atoms with E-state index in [-0.39, 0.29) is 30.7 Å². The molecule has 3 saturated heterocycles. The number of Topliss-reactive ketones (excluding diaryl/α,β-unsaturated/α-hetero) is 1. The summed E-state index contributed by atoms with van der Waals surface area (Å²) in [6, 6.07) is 10.6. The lowest BCUT2D eigenvalue weighted by molar-refractivity contribution is -0.123. The van der Waals surface area contributed by atoms with E-state index in [2.05, 4.69) is 11.9 Å². The van der Waals surface area contributed by atoms with E-state index in [1.165, 1.54) is 0 Å². The van der Waals surface area contributed by atoms with Crippen LogP contribution in [-0.4, -0.2) is 53.7 Å². The van der Waals surface area contributed by atoms with Gasteiger partial charge in [-0.3, -0.25) is 9.69 Å². The fourth-order valence-corrected chi connectivity index (χ4v) is 4.52. The Bertz CT molecular complexity index is 549. The van der Waals surface area contributed by atoms with Gasteiger partial charge in [0.25, 0.3) is 0 Å². The van der Waals surface area contributed by atoms with E-state index in [4.69, 9.17) is 4.74 Å². The fraction of sp³-hybridized carbons (Fsp3) is 0.611. The van der Waals surface area contributed by atoms with Crippen molar-refractivity contribution in [2.45, 2.75) is 49.5 Å².